The van der Waals surface area contributed by atoms with Gasteiger partial charge in [-0.2, -0.15) is 26.3 Å². The van der Waals surface area contributed by atoms with E-state index in [-0.39, 0.29) is 11.8 Å². The van der Waals surface area contributed by atoms with Crippen molar-refractivity contribution in [2.75, 3.05) is 5.32 Å². The Morgan fingerprint density at radius 2 is 1.56 bits per heavy atom. The average Bonchev–Trinajstić information content (AvgIpc) is 2.92. The van der Waals surface area contributed by atoms with Crippen LogP contribution >= 0.6 is 0 Å². The minimum atomic E-state index is -5.03. The van der Waals surface area contributed by atoms with Crippen molar-refractivity contribution in [3.63, 3.8) is 0 Å². The van der Waals surface area contributed by atoms with Crippen molar-refractivity contribution >= 4 is 22.7 Å². The van der Waals surface area contributed by atoms with Crippen LogP contribution < -0.4 is 5.32 Å². The zero-order chi connectivity index (χ0) is 20.0. The van der Waals surface area contributed by atoms with Gasteiger partial charge in [0.1, 0.15) is 5.52 Å². The summed E-state index contributed by atoms with van der Waals surface area (Å²) in [5.41, 5.74) is -2.95. The van der Waals surface area contributed by atoms with E-state index >= 15 is 0 Å². The summed E-state index contributed by atoms with van der Waals surface area (Å²) in [5.74, 6) is -0.757. The van der Waals surface area contributed by atoms with E-state index in [2.05, 4.69) is 10.3 Å². The summed E-state index contributed by atoms with van der Waals surface area (Å²) in [6.45, 7) is 1.60. The molecular formula is C17H10F6N2O2. The highest BCUT2D eigenvalue weighted by atomic mass is 19.4. The van der Waals surface area contributed by atoms with Gasteiger partial charge in [0.15, 0.2) is 11.5 Å². The Bertz CT molecular complexity index is 988. The molecule has 3 aromatic rings. The van der Waals surface area contributed by atoms with Gasteiger partial charge in [0, 0.05) is 18.2 Å². The van der Waals surface area contributed by atoms with Crippen LogP contribution in [0.4, 0.5) is 32.0 Å². The Morgan fingerprint density at radius 3 is 2.11 bits per heavy atom. The number of aromatic nitrogens is 1. The fourth-order valence-corrected chi connectivity index (χ4v) is 2.41. The number of hydrogen-bond acceptors (Lipinski definition) is 3. The van der Waals surface area contributed by atoms with E-state index in [1.54, 1.807) is 6.92 Å². The summed E-state index contributed by atoms with van der Waals surface area (Å²) >= 11 is 0. The lowest BCUT2D eigenvalue weighted by Gasteiger charge is -2.14. The van der Waals surface area contributed by atoms with Crippen LogP contribution in [0.25, 0.3) is 11.1 Å². The number of oxazole rings is 1. The zero-order valence-corrected chi connectivity index (χ0v) is 13.5. The number of hydrogen-bond donors (Lipinski definition) is 1. The monoisotopic (exact) mass is 388 g/mol. The number of aryl methyl sites for hydroxylation is 1. The molecule has 0 saturated heterocycles. The van der Waals surface area contributed by atoms with Crippen molar-refractivity contribution in [1.29, 1.82) is 0 Å². The summed E-state index contributed by atoms with van der Waals surface area (Å²) in [5, 5.41) is 2.26. The first-order chi connectivity index (χ1) is 12.4. The van der Waals surface area contributed by atoms with Gasteiger partial charge in [-0.05, 0) is 36.4 Å². The van der Waals surface area contributed by atoms with Gasteiger partial charge >= 0.3 is 12.4 Å². The Balaban J connectivity index is 1.97. The molecule has 142 valence electrons. The lowest BCUT2D eigenvalue weighted by molar-refractivity contribution is -0.143. The minimum Gasteiger partial charge on any atom is -0.441 e. The van der Waals surface area contributed by atoms with Crippen LogP contribution in [-0.4, -0.2) is 10.9 Å². The minimum absolute atomic E-state index is 0.0407. The second-order valence-corrected chi connectivity index (χ2v) is 5.66. The second kappa shape index (κ2) is 6.29. The maximum atomic E-state index is 12.9. The maximum Gasteiger partial charge on any atom is 0.416 e. The van der Waals surface area contributed by atoms with E-state index in [1.165, 1.54) is 18.2 Å². The Labute approximate surface area is 147 Å². The predicted molar refractivity (Wildman–Crippen MR) is 83.1 cm³/mol. The van der Waals surface area contributed by atoms with Crippen LogP contribution in [0.2, 0.25) is 0 Å². The number of carbonyl (C=O) groups excluding carboxylic acids is 1. The van der Waals surface area contributed by atoms with Crippen molar-refractivity contribution in [2.24, 2.45) is 0 Å². The third kappa shape index (κ3) is 4.04. The molecule has 1 aromatic heterocycles. The summed E-state index contributed by atoms with van der Waals surface area (Å²) in [7, 11) is 0. The van der Waals surface area contributed by atoms with Crippen LogP contribution in [0.1, 0.15) is 27.4 Å². The summed E-state index contributed by atoms with van der Waals surface area (Å²) < 4.78 is 82.6. The number of fused-ring (bicyclic) bond motifs is 1. The van der Waals surface area contributed by atoms with Crippen molar-refractivity contribution in [1.82, 2.24) is 4.98 Å². The molecule has 10 heteroatoms. The highest BCUT2D eigenvalue weighted by Crippen LogP contribution is 2.36. The first-order valence-corrected chi connectivity index (χ1v) is 7.41. The van der Waals surface area contributed by atoms with Crippen LogP contribution in [0.3, 0.4) is 0 Å². The van der Waals surface area contributed by atoms with E-state index in [1.807, 2.05) is 0 Å². The average molecular weight is 388 g/mol. The molecule has 0 aliphatic rings. The van der Waals surface area contributed by atoms with Gasteiger partial charge in [0.05, 0.1) is 11.1 Å². The molecule has 1 N–H and O–H groups in total. The Morgan fingerprint density at radius 1 is 0.963 bits per heavy atom. The molecule has 3 rings (SSSR count). The van der Waals surface area contributed by atoms with E-state index in [4.69, 9.17) is 4.42 Å². The quantitative estimate of drug-likeness (QED) is 0.596. The number of halogens is 6. The smallest absolute Gasteiger partial charge is 0.416 e. The first kappa shape index (κ1) is 18.7. The van der Waals surface area contributed by atoms with Crippen molar-refractivity contribution in [3.8, 4) is 0 Å². The van der Waals surface area contributed by atoms with Crippen LogP contribution in [0, 0.1) is 6.92 Å². The maximum absolute atomic E-state index is 12.9. The highest BCUT2D eigenvalue weighted by Gasteiger charge is 2.37. The van der Waals surface area contributed by atoms with E-state index in [0.29, 0.717) is 29.1 Å². The highest BCUT2D eigenvalue weighted by molar-refractivity contribution is 6.05. The van der Waals surface area contributed by atoms with Crippen LogP contribution in [0.15, 0.2) is 40.8 Å². The topological polar surface area (TPSA) is 55.1 Å². The first-order valence-electron chi connectivity index (χ1n) is 7.41. The van der Waals surface area contributed by atoms with Crippen LogP contribution in [-0.2, 0) is 12.4 Å². The molecule has 0 aliphatic carbocycles. The van der Waals surface area contributed by atoms with Gasteiger partial charge in [-0.1, -0.05) is 0 Å². The van der Waals surface area contributed by atoms with E-state index in [9.17, 15) is 31.1 Å². The largest absolute Gasteiger partial charge is 0.441 e. The fraction of sp³-hybridized carbons (Fsp3) is 0.176. The van der Waals surface area contributed by atoms with Gasteiger partial charge < -0.3 is 9.73 Å². The molecule has 1 amide bonds. The molecule has 0 unspecified atom stereocenters. The molecule has 0 bridgehead atoms. The number of benzene rings is 2. The van der Waals surface area contributed by atoms with Gasteiger partial charge in [0.2, 0.25) is 0 Å². The molecular weight excluding hydrogens is 378 g/mol. The number of nitrogens with one attached hydrogen (secondary N) is 1. The standard InChI is InChI=1S/C17H10F6N2O2/c1-8-24-13-7-12(2-3-14(13)27-8)25-15(26)9-4-10(16(18,19)20)6-11(5-9)17(21,22)23/h2-7H,1H3,(H,25,26). The number of rotatable bonds is 2. The molecule has 1 heterocycles. The number of anilines is 1. The van der Waals surface area contributed by atoms with E-state index < -0.39 is 35.0 Å². The van der Waals surface area contributed by atoms with Gasteiger partial charge in [-0.15, -0.1) is 0 Å². The fourth-order valence-electron chi connectivity index (χ4n) is 2.41. The second-order valence-electron chi connectivity index (χ2n) is 5.66. The zero-order valence-electron chi connectivity index (χ0n) is 13.5. The SMILES string of the molecule is Cc1nc2cc(NC(=O)c3cc(C(F)(F)F)cc(C(F)(F)F)c3)ccc2o1. The lowest BCUT2D eigenvalue weighted by Crippen LogP contribution is -2.17. The third-order valence-corrected chi connectivity index (χ3v) is 3.60. The Kier molecular flexibility index (Phi) is 4.37. The molecule has 0 spiro atoms. The molecule has 0 radical (unpaired) electrons. The number of carbonyl (C=O) groups is 1. The third-order valence-electron chi connectivity index (χ3n) is 3.60. The van der Waals surface area contributed by atoms with Crippen molar-refractivity contribution < 1.29 is 35.6 Å². The van der Waals surface area contributed by atoms with Crippen molar-refractivity contribution in [3.05, 3.63) is 59.0 Å². The van der Waals surface area contributed by atoms with Gasteiger partial charge in [-0.3, -0.25) is 4.79 Å². The predicted octanol–water partition coefficient (Wildman–Crippen LogP) is 5.43. The van der Waals surface area contributed by atoms with Crippen molar-refractivity contribution in [2.45, 2.75) is 19.3 Å². The summed E-state index contributed by atoms with van der Waals surface area (Å²) in [6.07, 6.45) is -10.1. The Hall–Kier alpha value is -3.04. The van der Waals surface area contributed by atoms with Crippen LogP contribution in [0.5, 0.6) is 0 Å². The number of nitrogens with zero attached hydrogens (tertiary/aromatic N) is 1. The summed E-state index contributed by atoms with van der Waals surface area (Å²) in [4.78, 5) is 16.3. The van der Waals surface area contributed by atoms with E-state index in [0.717, 1.165) is 0 Å². The lowest BCUT2D eigenvalue weighted by atomic mass is 10.0. The molecule has 27 heavy (non-hydrogen) atoms. The molecule has 4 nitrogen and oxygen atoms in total. The molecule has 2 aromatic carbocycles. The van der Waals surface area contributed by atoms with Gasteiger partial charge in [-0.25, -0.2) is 4.98 Å². The molecule has 0 saturated carbocycles. The normalized spacial score (nSPS) is 12.4. The summed E-state index contributed by atoms with van der Waals surface area (Å²) in [6, 6.07) is 4.94. The molecule has 0 aliphatic heterocycles. The molecule has 0 atom stereocenters. The number of alkyl halides is 6. The number of amides is 1. The molecule has 0 fully saturated rings. The van der Waals surface area contributed by atoms with Gasteiger partial charge in [0.25, 0.3) is 5.91 Å².